The summed E-state index contributed by atoms with van der Waals surface area (Å²) in [5.41, 5.74) is -0.271. The van der Waals surface area contributed by atoms with Crippen LogP contribution in [0.5, 0.6) is 0 Å². The van der Waals surface area contributed by atoms with Crippen LogP contribution in [0.25, 0.3) is 5.69 Å². The molecule has 7 heteroatoms. The molecule has 0 unspecified atom stereocenters. The average Bonchev–Trinajstić information content (AvgIpc) is 2.77. The minimum Gasteiger partial charge on any atom is -0.476 e. The van der Waals surface area contributed by atoms with Crippen molar-refractivity contribution >= 4 is 5.97 Å². The summed E-state index contributed by atoms with van der Waals surface area (Å²) in [7, 11) is 0. The van der Waals surface area contributed by atoms with Gasteiger partial charge in [-0.05, 0) is 30.7 Å². The predicted molar refractivity (Wildman–Crippen MR) is 60.3 cm³/mol. The topological polar surface area (TPSA) is 55.1 Å². The van der Waals surface area contributed by atoms with Crippen molar-refractivity contribution in [3.05, 3.63) is 47.3 Å². The number of carboxylic acid groups (broad SMARTS) is 1. The fraction of sp³-hybridized carbons (Fsp3) is 0.167. The van der Waals surface area contributed by atoms with Gasteiger partial charge in [-0.2, -0.15) is 18.3 Å². The third kappa shape index (κ3) is 2.59. The van der Waals surface area contributed by atoms with E-state index in [-0.39, 0.29) is 11.4 Å². The van der Waals surface area contributed by atoms with Crippen LogP contribution in [0.15, 0.2) is 30.5 Å². The Morgan fingerprint density at radius 2 is 2.00 bits per heavy atom. The van der Waals surface area contributed by atoms with E-state index in [1.807, 2.05) is 0 Å². The van der Waals surface area contributed by atoms with Crippen molar-refractivity contribution in [3.63, 3.8) is 0 Å². The minimum atomic E-state index is -4.45. The second kappa shape index (κ2) is 4.42. The number of carboxylic acids is 1. The molecule has 1 aromatic carbocycles. The summed E-state index contributed by atoms with van der Waals surface area (Å²) in [6.45, 7) is 1.62. The van der Waals surface area contributed by atoms with Crippen molar-refractivity contribution < 1.29 is 23.1 Å². The molecule has 0 amide bonds. The molecule has 0 bridgehead atoms. The first-order valence-corrected chi connectivity index (χ1v) is 5.26. The number of hydrogen-bond acceptors (Lipinski definition) is 2. The Labute approximate surface area is 106 Å². The average molecular weight is 270 g/mol. The van der Waals surface area contributed by atoms with Crippen LogP contribution in [0.3, 0.4) is 0 Å². The molecule has 0 spiro atoms. The van der Waals surface area contributed by atoms with Crippen molar-refractivity contribution in [3.8, 4) is 5.69 Å². The number of aryl methyl sites for hydroxylation is 1. The molecule has 0 fully saturated rings. The van der Waals surface area contributed by atoms with Crippen LogP contribution in [-0.2, 0) is 6.18 Å². The molecule has 2 rings (SSSR count). The first kappa shape index (κ1) is 13.1. The second-order valence-corrected chi connectivity index (χ2v) is 3.95. The third-order valence-electron chi connectivity index (χ3n) is 2.59. The highest BCUT2D eigenvalue weighted by molar-refractivity contribution is 5.85. The Balaban J connectivity index is 2.51. The van der Waals surface area contributed by atoms with E-state index in [1.165, 1.54) is 18.3 Å². The molecule has 1 aromatic heterocycles. The summed E-state index contributed by atoms with van der Waals surface area (Å²) in [5, 5.41) is 12.5. The molecule has 2 aromatic rings. The molecule has 0 saturated heterocycles. The molecule has 0 aliphatic heterocycles. The first-order valence-electron chi connectivity index (χ1n) is 5.26. The van der Waals surface area contributed by atoms with Gasteiger partial charge in [-0.3, -0.25) is 0 Å². The van der Waals surface area contributed by atoms with Gasteiger partial charge in [0.15, 0.2) is 5.69 Å². The summed E-state index contributed by atoms with van der Waals surface area (Å²) in [6.07, 6.45) is -3.14. The highest BCUT2D eigenvalue weighted by atomic mass is 19.4. The zero-order valence-corrected chi connectivity index (χ0v) is 9.77. The number of alkyl halides is 3. The zero-order valence-electron chi connectivity index (χ0n) is 9.77. The number of carbonyl (C=O) groups is 1. The quantitative estimate of drug-likeness (QED) is 0.912. The third-order valence-corrected chi connectivity index (χ3v) is 2.59. The van der Waals surface area contributed by atoms with Crippen LogP contribution in [0, 0.1) is 6.92 Å². The largest absolute Gasteiger partial charge is 0.476 e. The molecule has 0 aliphatic carbocycles. The van der Waals surface area contributed by atoms with Crippen molar-refractivity contribution in [2.75, 3.05) is 0 Å². The zero-order chi connectivity index (χ0) is 14.2. The molecule has 19 heavy (non-hydrogen) atoms. The van der Waals surface area contributed by atoms with Crippen molar-refractivity contribution in [1.82, 2.24) is 9.78 Å². The van der Waals surface area contributed by atoms with Gasteiger partial charge in [0.05, 0.1) is 11.3 Å². The second-order valence-electron chi connectivity index (χ2n) is 3.95. The Kier molecular flexibility index (Phi) is 3.05. The number of aromatic carboxylic acids is 1. The summed E-state index contributed by atoms with van der Waals surface area (Å²) >= 11 is 0. The van der Waals surface area contributed by atoms with Gasteiger partial charge in [0.2, 0.25) is 0 Å². The van der Waals surface area contributed by atoms with E-state index in [9.17, 15) is 18.0 Å². The van der Waals surface area contributed by atoms with Gasteiger partial charge in [-0.1, -0.05) is 6.07 Å². The van der Waals surface area contributed by atoms with Crippen LogP contribution in [0.4, 0.5) is 13.2 Å². The highest BCUT2D eigenvalue weighted by Crippen LogP contribution is 2.31. The molecule has 1 N–H and O–H groups in total. The first-order chi connectivity index (χ1) is 8.79. The van der Waals surface area contributed by atoms with Gasteiger partial charge < -0.3 is 5.11 Å². The number of hydrogen-bond donors (Lipinski definition) is 1. The summed E-state index contributed by atoms with van der Waals surface area (Å²) in [4.78, 5) is 10.7. The van der Waals surface area contributed by atoms with E-state index in [0.29, 0.717) is 5.56 Å². The van der Waals surface area contributed by atoms with E-state index in [4.69, 9.17) is 5.11 Å². The molecule has 4 nitrogen and oxygen atoms in total. The van der Waals surface area contributed by atoms with Crippen LogP contribution in [-0.4, -0.2) is 20.9 Å². The van der Waals surface area contributed by atoms with E-state index >= 15 is 0 Å². The van der Waals surface area contributed by atoms with Crippen LogP contribution in [0.1, 0.15) is 21.6 Å². The molecule has 0 saturated carbocycles. The lowest BCUT2D eigenvalue weighted by atomic mass is 10.1. The van der Waals surface area contributed by atoms with Crippen molar-refractivity contribution in [2.45, 2.75) is 13.1 Å². The van der Waals surface area contributed by atoms with Gasteiger partial charge >= 0.3 is 12.1 Å². The number of halogens is 3. The maximum atomic E-state index is 12.6. The summed E-state index contributed by atoms with van der Waals surface area (Å²) in [6, 6.07) is 4.46. The van der Waals surface area contributed by atoms with Crippen LogP contribution in [0.2, 0.25) is 0 Å². The minimum absolute atomic E-state index is 0.197. The van der Waals surface area contributed by atoms with Gasteiger partial charge in [-0.15, -0.1) is 0 Å². The lowest BCUT2D eigenvalue weighted by molar-refractivity contribution is -0.137. The standard InChI is InChI=1S/C12H9F3N2O2/c1-7-2-3-8(12(13,14)15)6-10(7)17-5-4-9(16-17)11(18)19/h2-6H,1H3,(H,18,19). The maximum absolute atomic E-state index is 12.6. The Morgan fingerprint density at radius 3 is 2.53 bits per heavy atom. The van der Waals surface area contributed by atoms with Gasteiger partial charge in [0, 0.05) is 6.20 Å². The van der Waals surface area contributed by atoms with E-state index < -0.39 is 17.7 Å². The van der Waals surface area contributed by atoms with Gasteiger partial charge in [0.1, 0.15) is 0 Å². The molecule has 0 radical (unpaired) electrons. The molecule has 0 aliphatic rings. The van der Waals surface area contributed by atoms with Gasteiger partial charge in [-0.25, -0.2) is 9.48 Å². The number of benzene rings is 1. The fourth-order valence-corrected chi connectivity index (χ4v) is 1.60. The lowest BCUT2D eigenvalue weighted by Crippen LogP contribution is -2.08. The van der Waals surface area contributed by atoms with E-state index in [2.05, 4.69) is 5.10 Å². The smallest absolute Gasteiger partial charge is 0.416 e. The Bertz CT molecular complexity index is 632. The lowest BCUT2D eigenvalue weighted by Gasteiger charge is -2.11. The number of aromatic nitrogens is 2. The van der Waals surface area contributed by atoms with Crippen molar-refractivity contribution in [2.24, 2.45) is 0 Å². The fourth-order valence-electron chi connectivity index (χ4n) is 1.60. The van der Waals surface area contributed by atoms with Crippen LogP contribution >= 0.6 is 0 Å². The maximum Gasteiger partial charge on any atom is 0.416 e. The molecular weight excluding hydrogens is 261 g/mol. The number of rotatable bonds is 2. The van der Waals surface area contributed by atoms with Crippen molar-refractivity contribution in [1.29, 1.82) is 0 Å². The predicted octanol–water partition coefficient (Wildman–Crippen LogP) is 2.90. The molecule has 0 atom stereocenters. The Hall–Kier alpha value is -2.31. The highest BCUT2D eigenvalue weighted by Gasteiger charge is 2.31. The van der Waals surface area contributed by atoms with E-state index in [1.54, 1.807) is 6.92 Å². The Morgan fingerprint density at radius 1 is 1.32 bits per heavy atom. The van der Waals surface area contributed by atoms with Crippen LogP contribution < -0.4 is 0 Å². The summed E-state index contributed by atoms with van der Waals surface area (Å²) < 4.78 is 39.0. The summed E-state index contributed by atoms with van der Waals surface area (Å²) in [5.74, 6) is -1.23. The molecule has 100 valence electrons. The monoisotopic (exact) mass is 270 g/mol. The molecular formula is C12H9F3N2O2. The molecule has 1 heterocycles. The number of nitrogens with zero attached hydrogens (tertiary/aromatic N) is 2. The van der Waals surface area contributed by atoms with Gasteiger partial charge in [0.25, 0.3) is 0 Å². The SMILES string of the molecule is Cc1ccc(C(F)(F)F)cc1-n1ccc(C(=O)O)n1. The normalized spacial score (nSPS) is 11.6. The van der Waals surface area contributed by atoms with E-state index in [0.717, 1.165) is 16.8 Å².